The molecule has 19 heavy (non-hydrogen) atoms. The van der Waals surface area contributed by atoms with E-state index in [0.717, 1.165) is 37.1 Å². The van der Waals surface area contributed by atoms with Crippen LogP contribution in [0.1, 0.15) is 32.3 Å². The summed E-state index contributed by atoms with van der Waals surface area (Å²) in [4.78, 5) is 0. The Labute approximate surface area is 116 Å². The van der Waals surface area contributed by atoms with E-state index >= 15 is 0 Å². The number of benzene rings is 1. The average Bonchev–Trinajstić information content (AvgIpc) is 3.20. The van der Waals surface area contributed by atoms with Gasteiger partial charge in [-0.1, -0.05) is 26.0 Å². The third-order valence-electron chi connectivity index (χ3n) is 3.29. The van der Waals surface area contributed by atoms with E-state index in [-0.39, 0.29) is 0 Å². The second kappa shape index (κ2) is 6.80. The fraction of sp³-hybridized carbons (Fsp3) is 0.625. The lowest BCUT2D eigenvalue weighted by molar-refractivity contribution is 0.254. The quantitative estimate of drug-likeness (QED) is 0.781. The highest BCUT2D eigenvalue weighted by Crippen LogP contribution is 2.32. The minimum Gasteiger partial charge on any atom is -0.493 e. The molecule has 0 unspecified atom stereocenters. The van der Waals surface area contributed by atoms with Crippen molar-refractivity contribution in [3.63, 3.8) is 0 Å². The molecule has 3 heteroatoms. The van der Waals surface area contributed by atoms with Crippen LogP contribution >= 0.6 is 0 Å². The number of ether oxygens (including phenoxy) is 2. The molecule has 1 aromatic carbocycles. The maximum atomic E-state index is 5.93. The number of para-hydroxylation sites is 1. The molecule has 3 nitrogen and oxygen atoms in total. The Morgan fingerprint density at radius 1 is 1.32 bits per heavy atom. The topological polar surface area (TPSA) is 30.5 Å². The molecule has 0 saturated heterocycles. The molecule has 0 spiro atoms. The standard InChI is InChI=1S/C16H25NO2/c1-12(2)11-19-16-14(5-4-6-15(16)18-3)10-17-9-13-7-8-13/h4-6,12-13,17H,7-11H2,1-3H3. The molecule has 0 radical (unpaired) electrons. The number of hydrogen-bond donors (Lipinski definition) is 1. The van der Waals surface area contributed by atoms with Gasteiger partial charge in [0, 0.05) is 12.1 Å². The first-order valence-electron chi connectivity index (χ1n) is 7.20. The second-order valence-corrected chi connectivity index (χ2v) is 5.73. The van der Waals surface area contributed by atoms with Crippen LogP contribution in [0.2, 0.25) is 0 Å². The van der Waals surface area contributed by atoms with Gasteiger partial charge in [0.05, 0.1) is 13.7 Å². The zero-order valence-corrected chi connectivity index (χ0v) is 12.2. The van der Waals surface area contributed by atoms with Crippen molar-refractivity contribution >= 4 is 0 Å². The molecule has 1 N–H and O–H groups in total. The van der Waals surface area contributed by atoms with Crippen LogP contribution in [0.5, 0.6) is 11.5 Å². The van der Waals surface area contributed by atoms with Crippen LogP contribution < -0.4 is 14.8 Å². The molecule has 1 fully saturated rings. The Bertz CT molecular complexity index is 400. The van der Waals surface area contributed by atoms with Crippen molar-refractivity contribution in [1.82, 2.24) is 5.32 Å². The van der Waals surface area contributed by atoms with Crippen LogP contribution in [0.25, 0.3) is 0 Å². The fourth-order valence-corrected chi connectivity index (χ4v) is 2.01. The Balaban J connectivity index is 2.00. The predicted octanol–water partition coefficient (Wildman–Crippen LogP) is 3.23. The zero-order chi connectivity index (χ0) is 13.7. The molecule has 1 aliphatic carbocycles. The Hall–Kier alpha value is -1.22. The van der Waals surface area contributed by atoms with Crippen molar-refractivity contribution in [2.24, 2.45) is 11.8 Å². The van der Waals surface area contributed by atoms with Gasteiger partial charge >= 0.3 is 0 Å². The van der Waals surface area contributed by atoms with Gasteiger partial charge in [0.1, 0.15) is 0 Å². The van der Waals surface area contributed by atoms with E-state index in [1.54, 1.807) is 7.11 Å². The highest BCUT2D eigenvalue weighted by molar-refractivity contribution is 5.46. The third kappa shape index (κ3) is 4.43. The molecule has 0 heterocycles. The molecular formula is C16H25NO2. The van der Waals surface area contributed by atoms with Crippen LogP contribution in [0.4, 0.5) is 0 Å². The van der Waals surface area contributed by atoms with Gasteiger partial charge in [0.25, 0.3) is 0 Å². The van der Waals surface area contributed by atoms with Crippen molar-refractivity contribution < 1.29 is 9.47 Å². The summed E-state index contributed by atoms with van der Waals surface area (Å²) in [5.74, 6) is 3.12. The molecule has 0 aromatic heterocycles. The molecule has 0 atom stereocenters. The van der Waals surface area contributed by atoms with E-state index in [9.17, 15) is 0 Å². The second-order valence-electron chi connectivity index (χ2n) is 5.73. The highest BCUT2D eigenvalue weighted by Gasteiger charge is 2.20. The summed E-state index contributed by atoms with van der Waals surface area (Å²) < 4.78 is 11.3. The van der Waals surface area contributed by atoms with Gasteiger partial charge in [-0.15, -0.1) is 0 Å². The van der Waals surface area contributed by atoms with E-state index in [0.29, 0.717) is 5.92 Å². The van der Waals surface area contributed by atoms with Crippen LogP contribution in [-0.2, 0) is 6.54 Å². The van der Waals surface area contributed by atoms with Crippen molar-refractivity contribution in [3.05, 3.63) is 23.8 Å². The lowest BCUT2D eigenvalue weighted by Crippen LogP contribution is -2.17. The first kappa shape index (κ1) is 14.2. The van der Waals surface area contributed by atoms with Crippen molar-refractivity contribution in [1.29, 1.82) is 0 Å². The summed E-state index contributed by atoms with van der Waals surface area (Å²) in [5, 5.41) is 3.51. The van der Waals surface area contributed by atoms with Gasteiger partial charge in [-0.25, -0.2) is 0 Å². The van der Waals surface area contributed by atoms with Crippen molar-refractivity contribution in [2.75, 3.05) is 20.3 Å². The average molecular weight is 263 g/mol. The monoisotopic (exact) mass is 263 g/mol. The maximum absolute atomic E-state index is 5.93. The Kier molecular flexibility index (Phi) is 5.08. The molecule has 0 amide bonds. The van der Waals surface area contributed by atoms with Crippen LogP contribution in [0, 0.1) is 11.8 Å². The van der Waals surface area contributed by atoms with E-state index < -0.39 is 0 Å². The van der Waals surface area contributed by atoms with Crippen molar-refractivity contribution in [2.45, 2.75) is 33.2 Å². The molecule has 1 aliphatic rings. The fourth-order valence-electron chi connectivity index (χ4n) is 2.01. The molecule has 1 saturated carbocycles. The molecular weight excluding hydrogens is 238 g/mol. The first-order valence-corrected chi connectivity index (χ1v) is 7.20. The minimum absolute atomic E-state index is 0.511. The SMILES string of the molecule is COc1cccc(CNCC2CC2)c1OCC(C)C. The molecule has 1 aromatic rings. The molecule has 0 aliphatic heterocycles. The normalized spacial score (nSPS) is 14.7. The summed E-state index contributed by atoms with van der Waals surface area (Å²) in [6, 6.07) is 6.09. The predicted molar refractivity (Wildman–Crippen MR) is 77.8 cm³/mol. The summed E-state index contributed by atoms with van der Waals surface area (Å²) in [7, 11) is 1.69. The zero-order valence-electron chi connectivity index (χ0n) is 12.2. The summed E-state index contributed by atoms with van der Waals surface area (Å²) >= 11 is 0. The number of nitrogens with one attached hydrogen (secondary N) is 1. The van der Waals surface area contributed by atoms with Gasteiger partial charge in [-0.2, -0.15) is 0 Å². The summed E-state index contributed by atoms with van der Waals surface area (Å²) in [6.07, 6.45) is 2.75. The Morgan fingerprint density at radius 2 is 2.11 bits per heavy atom. The van der Waals surface area contributed by atoms with Gasteiger partial charge in [-0.3, -0.25) is 0 Å². The lowest BCUT2D eigenvalue weighted by atomic mass is 10.1. The lowest BCUT2D eigenvalue weighted by Gasteiger charge is -2.16. The molecule has 106 valence electrons. The van der Waals surface area contributed by atoms with Gasteiger partial charge in [0.2, 0.25) is 0 Å². The van der Waals surface area contributed by atoms with E-state index in [2.05, 4.69) is 25.2 Å². The van der Waals surface area contributed by atoms with Gasteiger partial charge < -0.3 is 14.8 Å². The summed E-state index contributed by atoms with van der Waals surface area (Å²) in [5.41, 5.74) is 1.18. The maximum Gasteiger partial charge on any atom is 0.165 e. The van der Waals surface area contributed by atoms with Crippen LogP contribution in [0.15, 0.2) is 18.2 Å². The van der Waals surface area contributed by atoms with Gasteiger partial charge in [-0.05, 0) is 37.3 Å². The van der Waals surface area contributed by atoms with Crippen LogP contribution in [0.3, 0.4) is 0 Å². The minimum atomic E-state index is 0.511. The number of methoxy groups -OCH3 is 1. The Morgan fingerprint density at radius 3 is 2.74 bits per heavy atom. The first-order chi connectivity index (χ1) is 9.20. The smallest absolute Gasteiger partial charge is 0.165 e. The number of rotatable bonds is 8. The van der Waals surface area contributed by atoms with Gasteiger partial charge in [0.15, 0.2) is 11.5 Å². The molecule has 2 rings (SSSR count). The van der Waals surface area contributed by atoms with E-state index in [1.165, 1.54) is 18.4 Å². The third-order valence-corrected chi connectivity index (χ3v) is 3.29. The van der Waals surface area contributed by atoms with Crippen LogP contribution in [-0.4, -0.2) is 20.3 Å². The summed E-state index contributed by atoms with van der Waals surface area (Å²) in [6.45, 7) is 6.98. The molecule has 0 bridgehead atoms. The number of hydrogen-bond acceptors (Lipinski definition) is 3. The van der Waals surface area contributed by atoms with E-state index in [1.807, 2.05) is 12.1 Å². The highest BCUT2D eigenvalue weighted by atomic mass is 16.5. The van der Waals surface area contributed by atoms with E-state index in [4.69, 9.17) is 9.47 Å². The van der Waals surface area contributed by atoms with Crippen molar-refractivity contribution in [3.8, 4) is 11.5 Å². The largest absolute Gasteiger partial charge is 0.493 e.